The largest absolute Gasteiger partial charge is 0.440 e. The Hall–Kier alpha value is -2.40. The lowest BCUT2D eigenvalue weighted by Gasteiger charge is -2.17. The van der Waals surface area contributed by atoms with E-state index >= 15 is 0 Å². The smallest absolute Gasteiger partial charge is 0.198 e. The third-order valence-electron chi connectivity index (χ3n) is 4.24. The minimum atomic E-state index is 0.142. The first-order chi connectivity index (χ1) is 11.7. The van der Waals surface area contributed by atoms with Crippen molar-refractivity contribution in [3.63, 3.8) is 0 Å². The molecule has 122 valence electrons. The fourth-order valence-electron chi connectivity index (χ4n) is 2.72. The van der Waals surface area contributed by atoms with Crippen molar-refractivity contribution < 1.29 is 4.42 Å². The van der Waals surface area contributed by atoms with Crippen LogP contribution in [-0.4, -0.2) is 10.1 Å². The molecule has 4 rings (SSSR count). The van der Waals surface area contributed by atoms with E-state index < -0.39 is 0 Å². The van der Waals surface area contributed by atoms with E-state index in [0.29, 0.717) is 11.0 Å². The van der Waals surface area contributed by atoms with Crippen molar-refractivity contribution in [2.75, 3.05) is 5.32 Å². The highest BCUT2D eigenvalue weighted by Crippen LogP contribution is 2.40. The molecule has 24 heavy (non-hydrogen) atoms. The molecule has 1 atom stereocenters. The van der Waals surface area contributed by atoms with Gasteiger partial charge in [0, 0.05) is 11.6 Å². The predicted octanol–water partition coefficient (Wildman–Crippen LogP) is 4.75. The van der Waals surface area contributed by atoms with Crippen molar-refractivity contribution in [3.05, 3.63) is 60.0 Å². The average molecular weight is 337 g/mol. The molecule has 2 N–H and O–H groups in total. The molecule has 1 fully saturated rings. The van der Waals surface area contributed by atoms with E-state index in [1.807, 2.05) is 36.4 Å². The van der Waals surface area contributed by atoms with Gasteiger partial charge in [-0.05, 0) is 55.7 Å². The Kier molecular flexibility index (Phi) is 3.94. The van der Waals surface area contributed by atoms with Gasteiger partial charge in [0.15, 0.2) is 16.6 Å². The van der Waals surface area contributed by atoms with Crippen molar-refractivity contribution in [3.8, 4) is 0 Å². The molecule has 5 heteroatoms. The van der Waals surface area contributed by atoms with E-state index in [0.717, 1.165) is 22.7 Å². The Bertz CT molecular complexity index is 871. The molecule has 2 aromatic carbocycles. The Labute approximate surface area is 146 Å². The molecule has 1 saturated carbocycles. The number of nitrogens with zero attached hydrogens (tertiary/aromatic N) is 1. The fourth-order valence-corrected chi connectivity index (χ4v) is 3.01. The van der Waals surface area contributed by atoms with Crippen molar-refractivity contribution in [1.82, 2.24) is 10.3 Å². The molecule has 3 aromatic rings. The lowest BCUT2D eigenvalue weighted by molar-refractivity contribution is 0.533. The zero-order chi connectivity index (χ0) is 16.5. The van der Waals surface area contributed by atoms with E-state index in [1.165, 1.54) is 18.4 Å². The molecule has 1 aliphatic carbocycles. The number of benzene rings is 2. The first kappa shape index (κ1) is 15.1. The molecule has 0 aliphatic heterocycles. The minimum Gasteiger partial charge on any atom is -0.440 e. The van der Waals surface area contributed by atoms with E-state index in [2.05, 4.69) is 34.7 Å². The molecule has 1 heterocycles. The predicted molar refractivity (Wildman–Crippen MR) is 100 cm³/mol. The summed E-state index contributed by atoms with van der Waals surface area (Å²) >= 11 is 5.43. The number of nitrogens with one attached hydrogen (secondary N) is 2. The maximum Gasteiger partial charge on any atom is 0.198 e. The maximum atomic E-state index is 5.79. The zero-order valence-electron chi connectivity index (χ0n) is 13.5. The van der Waals surface area contributed by atoms with Gasteiger partial charge in [-0.25, -0.2) is 4.98 Å². The van der Waals surface area contributed by atoms with Crippen LogP contribution in [0.2, 0.25) is 0 Å². The monoisotopic (exact) mass is 337 g/mol. The average Bonchev–Trinajstić information content (AvgIpc) is 3.35. The SMILES string of the molecule is C[C@H](NC(=S)Nc1ccc2oc(C3CC3)nc2c1)c1ccccc1. The molecular weight excluding hydrogens is 318 g/mol. The van der Waals surface area contributed by atoms with Crippen LogP contribution in [0.4, 0.5) is 5.69 Å². The number of thiocarbonyl (C=S) groups is 1. The van der Waals surface area contributed by atoms with Crippen molar-refractivity contribution >= 4 is 34.1 Å². The summed E-state index contributed by atoms with van der Waals surface area (Å²) in [7, 11) is 0. The summed E-state index contributed by atoms with van der Waals surface area (Å²) in [5, 5.41) is 7.12. The van der Waals surface area contributed by atoms with Crippen molar-refractivity contribution in [2.45, 2.75) is 31.7 Å². The Morgan fingerprint density at radius 2 is 2.00 bits per heavy atom. The lowest BCUT2D eigenvalue weighted by atomic mass is 10.1. The van der Waals surface area contributed by atoms with Crippen LogP contribution in [0.15, 0.2) is 52.9 Å². The summed E-state index contributed by atoms with van der Waals surface area (Å²) < 4.78 is 5.79. The number of fused-ring (bicyclic) bond motifs is 1. The first-order valence-corrected chi connectivity index (χ1v) is 8.63. The first-order valence-electron chi connectivity index (χ1n) is 8.22. The molecule has 0 unspecified atom stereocenters. The molecule has 1 aromatic heterocycles. The summed E-state index contributed by atoms with van der Waals surface area (Å²) in [6.07, 6.45) is 2.37. The van der Waals surface area contributed by atoms with Gasteiger partial charge in [0.05, 0.1) is 6.04 Å². The standard InChI is InChI=1S/C19H19N3OS/c1-12(13-5-3-2-4-6-13)20-19(24)21-15-9-10-17-16(11-15)22-18(23-17)14-7-8-14/h2-6,9-12,14H,7-8H2,1H3,(H2,20,21,24)/t12-/m0/s1. The fraction of sp³-hybridized carbons (Fsp3) is 0.263. The number of oxazole rings is 1. The van der Waals surface area contributed by atoms with Crippen LogP contribution in [0.1, 0.15) is 43.2 Å². The van der Waals surface area contributed by atoms with E-state index in [1.54, 1.807) is 0 Å². The number of hydrogen-bond acceptors (Lipinski definition) is 3. The summed E-state index contributed by atoms with van der Waals surface area (Å²) in [4.78, 5) is 4.58. The van der Waals surface area contributed by atoms with Crippen LogP contribution >= 0.6 is 12.2 Å². The van der Waals surface area contributed by atoms with Crippen LogP contribution < -0.4 is 10.6 Å². The van der Waals surface area contributed by atoms with E-state index in [4.69, 9.17) is 16.6 Å². The van der Waals surface area contributed by atoms with E-state index in [-0.39, 0.29) is 6.04 Å². The summed E-state index contributed by atoms with van der Waals surface area (Å²) in [5.74, 6) is 1.38. The zero-order valence-corrected chi connectivity index (χ0v) is 14.3. The molecule has 0 spiro atoms. The van der Waals surface area contributed by atoms with Gasteiger partial charge in [-0.3, -0.25) is 0 Å². The van der Waals surface area contributed by atoms with Crippen molar-refractivity contribution in [2.24, 2.45) is 0 Å². The summed E-state index contributed by atoms with van der Waals surface area (Å²) in [6, 6.07) is 16.3. The molecule has 1 aliphatic rings. The van der Waals surface area contributed by atoms with Gasteiger partial charge < -0.3 is 15.1 Å². The molecule has 0 amide bonds. The van der Waals surface area contributed by atoms with Gasteiger partial charge >= 0.3 is 0 Å². The number of anilines is 1. The van der Waals surface area contributed by atoms with Crippen LogP contribution in [-0.2, 0) is 0 Å². The second-order valence-electron chi connectivity index (χ2n) is 6.24. The van der Waals surface area contributed by atoms with Gasteiger partial charge in [0.2, 0.25) is 0 Å². The van der Waals surface area contributed by atoms with Crippen LogP contribution in [0, 0.1) is 0 Å². The van der Waals surface area contributed by atoms with Gasteiger partial charge in [0.25, 0.3) is 0 Å². The van der Waals surface area contributed by atoms with Crippen LogP contribution in [0.3, 0.4) is 0 Å². The highest BCUT2D eigenvalue weighted by Gasteiger charge is 2.28. The number of rotatable bonds is 4. The Morgan fingerprint density at radius 1 is 1.21 bits per heavy atom. The normalized spacial score (nSPS) is 15.2. The third kappa shape index (κ3) is 3.26. The summed E-state index contributed by atoms with van der Waals surface area (Å²) in [6.45, 7) is 2.09. The highest BCUT2D eigenvalue weighted by atomic mass is 32.1. The van der Waals surface area contributed by atoms with Crippen LogP contribution in [0.5, 0.6) is 0 Å². The minimum absolute atomic E-state index is 0.142. The second kappa shape index (κ2) is 6.24. The number of hydrogen-bond donors (Lipinski definition) is 2. The molecule has 0 radical (unpaired) electrons. The molecule has 4 nitrogen and oxygen atoms in total. The van der Waals surface area contributed by atoms with Gasteiger partial charge in [-0.2, -0.15) is 0 Å². The third-order valence-corrected chi connectivity index (χ3v) is 4.46. The maximum absolute atomic E-state index is 5.79. The molecule has 0 saturated heterocycles. The summed E-state index contributed by atoms with van der Waals surface area (Å²) in [5.41, 5.74) is 3.82. The number of aromatic nitrogens is 1. The van der Waals surface area contributed by atoms with E-state index in [9.17, 15) is 0 Å². The van der Waals surface area contributed by atoms with Gasteiger partial charge in [-0.15, -0.1) is 0 Å². The van der Waals surface area contributed by atoms with Gasteiger partial charge in [-0.1, -0.05) is 30.3 Å². The molecular formula is C19H19N3OS. The van der Waals surface area contributed by atoms with Gasteiger partial charge in [0.1, 0.15) is 5.52 Å². The van der Waals surface area contributed by atoms with Crippen LogP contribution in [0.25, 0.3) is 11.1 Å². The Morgan fingerprint density at radius 3 is 2.75 bits per heavy atom. The molecule has 0 bridgehead atoms. The highest BCUT2D eigenvalue weighted by molar-refractivity contribution is 7.80. The Balaban J connectivity index is 1.44. The topological polar surface area (TPSA) is 50.1 Å². The quantitative estimate of drug-likeness (QED) is 0.673. The van der Waals surface area contributed by atoms with Crippen molar-refractivity contribution in [1.29, 1.82) is 0 Å². The lowest BCUT2D eigenvalue weighted by Crippen LogP contribution is -2.30. The second-order valence-corrected chi connectivity index (χ2v) is 6.65.